The molecule has 0 aliphatic heterocycles. The van der Waals surface area contributed by atoms with Gasteiger partial charge in [0.25, 0.3) is 11.8 Å². The monoisotopic (exact) mass is 389 g/mol. The van der Waals surface area contributed by atoms with Gasteiger partial charge in [0.1, 0.15) is 0 Å². The lowest BCUT2D eigenvalue weighted by Gasteiger charge is -2.04. The average molecular weight is 389 g/mol. The molecule has 4 aromatic rings. The zero-order valence-corrected chi connectivity index (χ0v) is 14.9. The Hall–Kier alpha value is -4.47. The smallest absolute Gasteiger partial charge is 0.294 e. The van der Waals surface area contributed by atoms with Crippen LogP contribution in [-0.2, 0) is 0 Å². The molecule has 2 heterocycles. The summed E-state index contributed by atoms with van der Waals surface area (Å²) in [6, 6.07) is 18.1. The molecule has 3 N–H and O–H groups in total. The van der Waals surface area contributed by atoms with Crippen molar-refractivity contribution in [3.8, 4) is 17.1 Å². The summed E-state index contributed by atoms with van der Waals surface area (Å²) in [6.45, 7) is 0. The Morgan fingerprint density at radius 3 is 2.03 bits per heavy atom. The normalized spacial score (nSPS) is 10.5. The second-order valence-corrected chi connectivity index (χ2v) is 5.94. The molecule has 0 saturated carbocycles. The molecule has 29 heavy (non-hydrogen) atoms. The van der Waals surface area contributed by atoms with E-state index in [1.807, 2.05) is 36.4 Å². The van der Waals surface area contributed by atoms with Crippen LogP contribution in [0.15, 0.2) is 73.1 Å². The van der Waals surface area contributed by atoms with Crippen LogP contribution < -0.4 is 10.9 Å². The Balaban J connectivity index is 1.42. The molecule has 10 heteroatoms. The van der Waals surface area contributed by atoms with E-state index >= 15 is 0 Å². The van der Waals surface area contributed by atoms with Gasteiger partial charge in [0.05, 0.1) is 23.8 Å². The van der Waals surface area contributed by atoms with Crippen molar-refractivity contribution >= 4 is 11.8 Å². The van der Waals surface area contributed by atoms with Crippen molar-refractivity contribution in [1.82, 2.24) is 35.6 Å². The highest BCUT2D eigenvalue weighted by molar-refractivity contribution is 5.98. The third-order valence-electron chi connectivity index (χ3n) is 3.97. The first-order valence-corrected chi connectivity index (χ1v) is 8.54. The van der Waals surface area contributed by atoms with Gasteiger partial charge >= 0.3 is 0 Å². The standard InChI is InChI=1S/C19H15N7O3/c27-16-12-25(13-7-3-1-4-8-13)23-17(16)19(29)22-21-18(28)15-11-26(24-20-15)14-9-5-2-6-10-14/h1-12,27H,(H,21,28)(H,22,29). The SMILES string of the molecule is O=C(NNC(=O)c1nn(-c2ccccc2)cc1O)c1cn(-c2ccccc2)nn1. The average Bonchev–Trinajstić information content (AvgIpc) is 3.40. The van der Waals surface area contributed by atoms with Crippen LogP contribution in [0.2, 0.25) is 0 Å². The van der Waals surface area contributed by atoms with Crippen molar-refractivity contribution in [2.24, 2.45) is 0 Å². The molecular formula is C19H15N7O3. The minimum absolute atomic E-state index is 0.00758. The van der Waals surface area contributed by atoms with E-state index < -0.39 is 11.8 Å². The zero-order valence-electron chi connectivity index (χ0n) is 14.9. The summed E-state index contributed by atoms with van der Waals surface area (Å²) in [7, 11) is 0. The van der Waals surface area contributed by atoms with Gasteiger partial charge in [-0.25, -0.2) is 9.36 Å². The van der Waals surface area contributed by atoms with Gasteiger partial charge in [-0.05, 0) is 24.3 Å². The fraction of sp³-hybridized carbons (Fsp3) is 0. The molecule has 2 aromatic carbocycles. The minimum atomic E-state index is -0.777. The van der Waals surface area contributed by atoms with Crippen molar-refractivity contribution < 1.29 is 14.7 Å². The van der Waals surface area contributed by atoms with Crippen LogP contribution in [0.4, 0.5) is 0 Å². The number of benzene rings is 2. The summed E-state index contributed by atoms with van der Waals surface area (Å²) in [5, 5.41) is 21.7. The molecule has 0 aliphatic rings. The van der Waals surface area contributed by atoms with Crippen molar-refractivity contribution in [1.29, 1.82) is 0 Å². The van der Waals surface area contributed by atoms with Crippen LogP contribution in [0.25, 0.3) is 11.4 Å². The van der Waals surface area contributed by atoms with Gasteiger partial charge in [0.2, 0.25) is 0 Å². The topological polar surface area (TPSA) is 127 Å². The third-order valence-corrected chi connectivity index (χ3v) is 3.97. The van der Waals surface area contributed by atoms with Crippen LogP contribution in [0.1, 0.15) is 21.0 Å². The molecule has 0 bridgehead atoms. The number of carbonyl (C=O) groups is 2. The molecule has 10 nitrogen and oxygen atoms in total. The van der Waals surface area contributed by atoms with Crippen LogP contribution in [0, 0.1) is 0 Å². The fourth-order valence-electron chi connectivity index (χ4n) is 2.55. The molecule has 2 amide bonds. The highest BCUT2D eigenvalue weighted by atomic mass is 16.3. The fourth-order valence-corrected chi connectivity index (χ4v) is 2.55. The molecular weight excluding hydrogens is 374 g/mol. The van der Waals surface area contributed by atoms with E-state index in [9.17, 15) is 14.7 Å². The quantitative estimate of drug-likeness (QED) is 0.451. The van der Waals surface area contributed by atoms with Gasteiger partial charge in [-0.1, -0.05) is 41.6 Å². The lowest BCUT2D eigenvalue weighted by atomic mass is 10.3. The predicted molar refractivity (Wildman–Crippen MR) is 102 cm³/mol. The number of aromatic hydroxyl groups is 1. The minimum Gasteiger partial charge on any atom is -0.504 e. The molecule has 0 radical (unpaired) electrons. The number of nitrogens with one attached hydrogen (secondary N) is 2. The van der Waals surface area contributed by atoms with Gasteiger partial charge in [-0.3, -0.25) is 20.4 Å². The van der Waals surface area contributed by atoms with Gasteiger partial charge in [0, 0.05) is 0 Å². The van der Waals surface area contributed by atoms with Gasteiger partial charge in [-0.2, -0.15) is 5.10 Å². The molecule has 0 aliphatic carbocycles. The van der Waals surface area contributed by atoms with Gasteiger partial charge in [-0.15, -0.1) is 5.10 Å². The lowest BCUT2D eigenvalue weighted by Crippen LogP contribution is -2.42. The molecule has 4 rings (SSSR count). The molecule has 0 atom stereocenters. The second-order valence-electron chi connectivity index (χ2n) is 5.94. The van der Waals surface area contributed by atoms with Gasteiger partial charge in [0.15, 0.2) is 17.1 Å². The Bertz CT molecular complexity index is 1150. The van der Waals surface area contributed by atoms with Crippen LogP contribution in [0.3, 0.4) is 0 Å². The van der Waals surface area contributed by atoms with Gasteiger partial charge < -0.3 is 5.11 Å². The number of aromatic nitrogens is 5. The van der Waals surface area contributed by atoms with E-state index in [1.165, 1.54) is 21.8 Å². The highest BCUT2D eigenvalue weighted by Gasteiger charge is 2.19. The van der Waals surface area contributed by atoms with E-state index in [1.54, 1.807) is 24.3 Å². The highest BCUT2D eigenvalue weighted by Crippen LogP contribution is 2.17. The number of rotatable bonds is 4. The summed E-state index contributed by atoms with van der Waals surface area (Å²) in [4.78, 5) is 24.5. The summed E-state index contributed by atoms with van der Waals surface area (Å²) in [5.74, 6) is -1.76. The summed E-state index contributed by atoms with van der Waals surface area (Å²) < 4.78 is 2.79. The maximum Gasteiger partial charge on any atom is 0.294 e. The van der Waals surface area contributed by atoms with Crippen LogP contribution in [-0.4, -0.2) is 41.7 Å². The third kappa shape index (κ3) is 3.81. The first-order valence-electron chi connectivity index (χ1n) is 8.54. The largest absolute Gasteiger partial charge is 0.504 e. The maximum absolute atomic E-state index is 12.3. The molecule has 2 aromatic heterocycles. The molecule has 0 saturated heterocycles. The number of para-hydroxylation sites is 2. The van der Waals surface area contributed by atoms with E-state index in [0.717, 1.165) is 5.69 Å². The van der Waals surface area contributed by atoms with E-state index in [4.69, 9.17) is 0 Å². The summed E-state index contributed by atoms with van der Waals surface area (Å²) >= 11 is 0. The number of amides is 2. The summed E-state index contributed by atoms with van der Waals surface area (Å²) in [6.07, 6.45) is 2.73. The number of hydrogen-bond acceptors (Lipinski definition) is 6. The Labute approximate surface area is 164 Å². The zero-order chi connectivity index (χ0) is 20.2. The molecule has 0 spiro atoms. The lowest BCUT2D eigenvalue weighted by molar-refractivity contribution is 0.0839. The predicted octanol–water partition coefficient (Wildman–Crippen LogP) is 1.23. The molecule has 0 unspecified atom stereocenters. The first kappa shape index (κ1) is 17.9. The number of nitrogens with zero attached hydrogens (tertiary/aromatic N) is 5. The Morgan fingerprint density at radius 1 is 0.793 bits per heavy atom. The van der Waals surface area contributed by atoms with E-state index in [0.29, 0.717) is 5.69 Å². The maximum atomic E-state index is 12.3. The van der Waals surface area contributed by atoms with Crippen molar-refractivity contribution in [3.63, 3.8) is 0 Å². The van der Waals surface area contributed by atoms with Crippen molar-refractivity contribution in [2.45, 2.75) is 0 Å². The first-order chi connectivity index (χ1) is 14.1. The number of hydrogen-bond donors (Lipinski definition) is 3. The number of carbonyl (C=O) groups excluding carboxylic acids is 2. The van der Waals surface area contributed by atoms with E-state index in [2.05, 4.69) is 26.3 Å². The summed E-state index contributed by atoms with van der Waals surface area (Å²) in [5.41, 5.74) is 5.60. The Kier molecular flexibility index (Phi) is 4.72. The van der Waals surface area contributed by atoms with Crippen molar-refractivity contribution in [2.75, 3.05) is 0 Å². The number of hydrazine groups is 1. The Morgan fingerprint density at radius 2 is 1.38 bits per heavy atom. The molecule has 144 valence electrons. The molecule has 0 fully saturated rings. The van der Waals surface area contributed by atoms with Crippen LogP contribution >= 0.6 is 0 Å². The second kappa shape index (κ2) is 7.64. The van der Waals surface area contributed by atoms with E-state index in [-0.39, 0.29) is 17.1 Å². The van der Waals surface area contributed by atoms with Crippen molar-refractivity contribution in [3.05, 3.63) is 84.4 Å². The van der Waals surface area contributed by atoms with Crippen LogP contribution in [0.5, 0.6) is 5.75 Å².